The van der Waals surface area contributed by atoms with E-state index in [1.807, 2.05) is 0 Å². The van der Waals surface area contributed by atoms with Gasteiger partial charge in [-0.2, -0.15) is 0 Å². The quantitative estimate of drug-likeness (QED) is 0.810. The highest BCUT2D eigenvalue weighted by Crippen LogP contribution is 2.43. The predicted molar refractivity (Wildman–Crippen MR) is 89.6 cm³/mol. The summed E-state index contributed by atoms with van der Waals surface area (Å²) in [6.45, 7) is 0. The average Bonchev–Trinajstić information content (AvgIpc) is 2.52. The third kappa shape index (κ3) is 2.45. The van der Waals surface area contributed by atoms with Crippen molar-refractivity contribution < 1.29 is 13.2 Å². The van der Waals surface area contributed by atoms with Crippen LogP contribution in [0.4, 0.5) is 5.82 Å². The van der Waals surface area contributed by atoms with E-state index in [0.29, 0.717) is 10.7 Å². The lowest BCUT2D eigenvalue weighted by Crippen LogP contribution is -2.33. The maximum atomic E-state index is 12.9. The predicted octanol–water partition coefficient (Wildman–Crippen LogP) is 3.04. The first kappa shape index (κ1) is 16.0. The second-order valence-electron chi connectivity index (χ2n) is 4.69. The molecule has 120 valence electrons. The number of hydrogen-bond acceptors (Lipinski definition) is 5. The number of nitrogens with zero attached hydrogens (tertiary/aromatic N) is 3. The van der Waals surface area contributed by atoms with Crippen LogP contribution in [-0.4, -0.2) is 32.5 Å². The second kappa shape index (κ2) is 5.67. The van der Waals surface area contributed by atoms with E-state index < -0.39 is 10.0 Å². The minimum Gasteiger partial charge on any atom is -0.493 e. The van der Waals surface area contributed by atoms with Crippen LogP contribution >= 0.6 is 23.2 Å². The van der Waals surface area contributed by atoms with Crippen LogP contribution in [0, 0.1) is 0 Å². The molecule has 1 aromatic heterocycles. The fourth-order valence-corrected chi connectivity index (χ4v) is 4.39. The molecule has 0 fully saturated rings. The van der Waals surface area contributed by atoms with Crippen molar-refractivity contribution in [3.05, 3.63) is 51.9 Å². The Labute approximate surface area is 143 Å². The number of aromatic nitrogens is 2. The van der Waals surface area contributed by atoms with Crippen molar-refractivity contribution in [1.29, 1.82) is 0 Å². The van der Waals surface area contributed by atoms with Crippen molar-refractivity contribution in [2.45, 2.75) is 0 Å². The highest BCUT2D eigenvalue weighted by atomic mass is 35.5. The first-order valence-corrected chi connectivity index (χ1v) is 8.61. The molecule has 0 aliphatic carbocycles. The normalized spacial score (nSPS) is 16.3. The summed E-state index contributed by atoms with van der Waals surface area (Å²) in [7, 11) is -1.13. The van der Waals surface area contributed by atoms with Crippen LogP contribution in [0.5, 0.6) is 0 Å². The second-order valence-corrected chi connectivity index (χ2v) is 7.44. The van der Waals surface area contributed by atoms with E-state index in [9.17, 15) is 8.42 Å². The Morgan fingerprint density at radius 2 is 1.87 bits per heavy atom. The zero-order valence-electron chi connectivity index (χ0n) is 12.1. The van der Waals surface area contributed by atoms with Gasteiger partial charge >= 0.3 is 0 Å². The summed E-state index contributed by atoms with van der Waals surface area (Å²) in [4.78, 5) is 8.19. The first-order chi connectivity index (χ1) is 10.9. The third-order valence-electron chi connectivity index (χ3n) is 3.40. The van der Waals surface area contributed by atoms with Crippen LogP contribution in [-0.2, 0) is 14.8 Å². The van der Waals surface area contributed by atoms with Crippen molar-refractivity contribution in [3.63, 3.8) is 0 Å². The molecule has 0 radical (unpaired) electrons. The molecule has 2 aromatic rings. The lowest BCUT2D eigenvalue weighted by atomic mass is 10.1. The number of hydrogen-bond donors (Lipinski definition) is 0. The topological polar surface area (TPSA) is 72.4 Å². The van der Waals surface area contributed by atoms with Crippen LogP contribution < -0.4 is 4.31 Å². The average molecular weight is 372 g/mol. The molecule has 0 atom stereocenters. The van der Waals surface area contributed by atoms with Gasteiger partial charge in [0.25, 0.3) is 10.0 Å². The molecular weight excluding hydrogens is 361 g/mol. The van der Waals surface area contributed by atoms with E-state index in [2.05, 4.69) is 9.97 Å². The highest BCUT2D eigenvalue weighted by molar-refractivity contribution is 8.02. The van der Waals surface area contributed by atoms with E-state index >= 15 is 0 Å². The number of rotatable bonds is 2. The van der Waals surface area contributed by atoms with Gasteiger partial charge in [-0.05, 0) is 12.1 Å². The van der Waals surface area contributed by atoms with Gasteiger partial charge in [-0.15, -0.1) is 0 Å². The third-order valence-corrected chi connectivity index (χ3v) is 5.76. The summed E-state index contributed by atoms with van der Waals surface area (Å²) >= 11 is 12.1. The molecule has 1 aliphatic heterocycles. The Kier molecular flexibility index (Phi) is 3.95. The van der Waals surface area contributed by atoms with Gasteiger partial charge in [0.1, 0.15) is 10.6 Å². The molecule has 0 unspecified atom stereocenters. The van der Waals surface area contributed by atoms with Crippen molar-refractivity contribution in [2.75, 3.05) is 18.5 Å². The van der Waals surface area contributed by atoms with E-state index in [-0.39, 0.29) is 27.1 Å². The number of methoxy groups -OCH3 is 1. The zero-order valence-corrected chi connectivity index (χ0v) is 14.4. The standard InChI is InChI=1S/C14H11Cl2N3O3S/c1-19-14-11(17-5-6-18-14)12(22-2)13(23(19,20)21)9-4-3-8(15)7-10(9)16/h3-7H,1-2H3. The van der Waals surface area contributed by atoms with E-state index in [4.69, 9.17) is 27.9 Å². The Hall–Kier alpha value is -1.83. The molecule has 2 heterocycles. The summed E-state index contributed by atoms with van der Waals surface area (Å²) < 4.78 is 32.2. The zero-order chi connectivity index (χ0) is 16.8. The van der Waals surface area contributed by atoms with Crippen LogP contribution in [0.25, 0.3) is 10.7 Å². The van der Waals surface area contributed by atoms with Gasteiger partial charge in [-0.25, -0.2) is 18.4 Å². The Bertz CT molecular complexity index is 929. The maximum Gasteiger partial charge on any atom is 0.269 e. The number of sulfonamides is 1. The maximum absolute atomic E-state index is 12.9. The van der Waals surface area contributed by atoms with Crippen LogP contribution in [0.1, 0.15) is 11.3 Å². The van der Waals surface area contributed by atoms with Gasteiger partial charge in [0.05, 0.1) is 12.1 Å². The van der Waals surface area contributed by atoms with Crippen LogP contribution in [0.2, 0.25) is 10.0 Å². The fourth-order valence-electron chi connectivity index (χ4n) is 2.32. The highest BCUT2D eigenvalue weighted by Gasteiger charge is 2.39. The number of benzene rings is 1. The molecule has 3 rings (SSSR count). The lowest BCUT2D eigenvalue weighted by molar-refractivity contribution is 0.369. The molecule has 0 spiro atoms. The van der Waals surface area contributed by atoms with E-state index in [0.717, 1.165) is 4.31 Å². The molecular formula is C14H11Cl2N3O3S. The molecule has 0 bridgehead atoms. The Morgan fingerprint density at radius 3 is 2.52 bits per heavy atom. The molecule has 0 saturated carbocycles. The largest absolute Gasteiger partial charge is 0.493 e. The molecule has 1 aliphatic rings. The van der Waals surface area contributed by atoms with Gasteiger partial charge in [0.15, 0.2) is 11.6 Å². The van der Waals surface area contributed by atoms with E-state index in [1.165, 1.54) is 38.7 Å². The van der Waals surface area contributed by atoms with Crippen molar-refractivity contribution in [2.24, 2.45) is 0 Å². The van der Waals surface area contributed by atoms with E-state index in [1.54, 1.807) is 6.07 Å². The van der Waals surface area contributed by atoms with Gasteiger partial charge < -0.3 is 4.74 Å². The summed E-state index contributed by atoms with van der Waals surface area (Å²) in [5, 5.41) is 0.603. The molecule has 23 heavy (non-hydrogen) atoms. The molecule has 0 saturated heterocycles. The van der Waals surface area contributed by atoms with Crippen molar-refractivity contribution in [1.82, 2.24) is 9.97 Å². The molecule has 0 amide bonds. The fraction of sp³-hybridized carbons (Fsp3) is 0.143. The van der Waals surface area contributed by atoms with Gasteiger partial charge in [0.2, 0.25) is 0 Å². The molecule has 1 aromatic carbocycles. The minimum atomic E-state index is -3.91. The number of fused-ring (bicyclic) bond motifs is 1. The molecule has 6 nitrogen and oxygen atoms in total. The SMILES string of the molecule is COC1=C(c2ccc(Cl)cc2Cl)S(=O)(=O)N(C)c2nccnc21. The summed E-state index contributed by atoms with van der Waals surface area (Å²) in [6.07, 6.45) is 2.88. The van der Waals surface area contributed by atoms with Crippen LogP contribution in [0.15, 0.2) is 30.6 Å². The van der Waals surface area contributed by atoms with Gasteiger partial charge in [-0.1, -0.05) is 29.3 Å². The Morgan fingerprint density at radius 1 is 1.17 bits per heavy atom. The number of halogens is 2. The summed E-state index contributed by atoms with van der Waals surface area (Å²) in [6, 6.07) is 4.57. The number of anilines is 1. The number of ether oxygens (including phenoxy) is 1. The smallest absolute Gasteiger partial charge is 0.269 e. The van der Waals surface area contributed by atoms with Crippen LogP contribution in [0.3, 0.4) is 0 Å². The van der Waals surface area contributed by atoms with Crippen molar-refractivity contribution in [3.8, 4) is 0 Å². The van der Waals surface area contributed by atoms with Gasteiger partial charge in [0, 0.05) is 30.0 Å². The first-order valence-electron chi connectivity index (χ1n) is 6.42. The van der Waals surface area contributed by atoms with Gasteiger partial charge in [-0.3, -0.25) is 4.31 Å². The Balaban J connectivity index is 2.41. The summed E-state index contributed by atoms with van der Waals surface area (Å²) in [5.74, 6) is 0.286. The molecule has 0 N–H and O–H groups in total. The van der Waals surface area contributed by atoms with Crippen molar-refractivity contribution >= 4 is 49.7 Å². The monoisotopic (exact) mass is 371 g/mol. The molecule has 9 heteroatoms. The summed E-state index contributed by atoms with van der Waals surface area (Å²) in [5.41, 5.74) is 0.615. The lowest BCUT2D eigenvalue weighted by Gasteiger charge is -2.28. The minimum absolute atomic E-state index is 0.0721.